The zero-order chi connectivity index (χ0) is 15.7. The van der Waals surface area contributed by atoms with Gasteiger partial charge in [0.05, 0.1) is 0 Å². The number of anilines is 1. The van der Waals surface area contributed by atoms with Crippen LogP contribution < -0.4 is 5.32 Å². The van der Waals surface area contributed by atoms with Crippen LogP contribution in [-0.4, -0.2) is 10.5 Å². The summed E-state index contributed by atoms with van der Waals surface area (Å²) in [6.45, 7) is 0. The van der Waals surface area contributed by atoms with Gasteiger partial charge in [0.25, 0.3) is 5.91 Å². The molecule has 114 valence electrons. The Balaban J connectivity index is 1.80. The van der Waals surface area contributed by atoms with Crippen molar-refractivity contribution >= 4 is 23.6 Å². The van der Waals surface area contributed by atoms with Gasteiger partial charge < -0.3 is 9.87 Å². The Kier molecular flexibility index (Phi) is 4.13. The Labute approximate surface area is 130 Å². The van der Waals surface area contributed by atoms with Crippen molar-refractivity contribution in [2.75, 3.05) is 5.32 Å². The van der Waals surface area contributed by atoms with Gasteiger partial charge in [-0.3, -0.25) is 4.79 Å². The number of hydrogen-bond acceptors (Lipinski definition) is 3. The predicted octanol–water partition coefficient (Wildman–Crippen LogP) is 4.66. The zero-order valence-corrected chi connectivity index (χ0v) is 12.3. The zero-order valence-electron chi connectivity index (χ0n) is 11.5. The normalized spacial score (nSPS) is 14.0. The Bertz CT molecular complexity index is 732. The summed E-state index contributed by atoms with van der Waals surface area (Å²) in [6.07, 6.45) is 2.18. The smallest absolute Gasteiger partial charge is 0.255 e. The third kappa shape index (κ3) is 3.13. The summed E-state index contributed by atoms with van der Waals surface area (Å²) in [7, 11) is 0. The van der Waals surface area contributed by atoms with Crippen molar-refractivity contribution in [3.63, 3.8) is 0 Å². The molecule has 6 heteroatoms. The minimum Gasteiger partial charge on any atom is -0.325 e. The number of carbonyl (C=O) groups excluding carboxylic acids is 1. The van der Waals surface area contributed by atoms with Crippen molar-refractivity contribution in [1.82, 2.24) is 0 Å². The molecule has 1 aliphatic rings. The van der Waals surface area contributed by atoms with E-state index in [0.717, 1.165) is 30.5 Å². The van der Waals surface area contributed by atoms with E-state index in [1.165, 1.54) is 6.07 Å². The predicted molar refractivity (Wildman–Crippen MR) is 81.2 cm³/mol. The molecular formula is C16H13F2NO2S. The topological polar surface area (TPSA) is 49.3 Å². The highest BCUT2D eigenvalue weighted by molar-refractivity contribution is 7.93. The third-order valence-corrected chi connectivity index (χ3v) is 4.12. The summed E-state index contributed by atoms with van der Waals surface area (Å²) < 4.78 is 35.4. The molecule has 22 heavy (non-hydrogen) atoms. The lowest BCUT2D eigenvalue weighted by atomic mass is 10.1. The van der Waals surface area contributed by atoms with Crippen LogP contribution in [0.25, 0.3) is 0 Å². The minimum absolute atomic E-state index is 0.174. The number of rotatable bonds is 4. The van der Waals surface area contributed by atoms with E-state index in [0.29, 0.717) is 28.4 Å². The molecule has 3 rings (SSSR count). The van der Waals surface area contributed by atoms with Crippen LogP contribution in [0.4, 0.5) is 14.5 Å². The maximum Gasteiger partial charge on any atom is 0.255 e. The molecule has 0 saturated heterocycles. The van der Waals surface area contributed by atoms with Gasteiger partial charge in [0.1, 0.15) is 0 Å². The van der Waals surface area contributed by atoms with Crippen molar-refractivity contribution in [2.24, 2.45) is 0 Å². The summed E-state index contributed by atoms with van der Waals surface area (Å²) in [5.41, 5.74) is 1.57. The molecule has 0 aromatic heterocycles. The quantitative estimate of drug-likeness (QED) is 0.805. The van der Waals surface area contributed by atoms with Gasteiger partial charge in [-0.2, -0.15) is 0 Å². The monoisotopic (exact) mass is 321 g/mol. The summed E-state index contributed by atoms with van der Waals surface area (Å²) in [5, 5.41) is 2.51. The first-order valence-corrected chi connectivity index (χ1v) is 7.57. The maximum absolute atomic E-state index is 13.1. The molecule has 2 aromatic rings. The van der Waals surface area contributed by atoms with E-state index >= 15 is 0 Å². The van der Waals surface area contributed by atoms with E-state index in [-0.39, 0.29) is 5.69 Å². The third-order valence-electron chi connectivity index (χ3n) is 3.57. The summed E-state index contributed by atoms with van der Waals surface area (Å²) in [4.78, 5) is 12.8. The van der Waals surface area contributed by atoms with Gasteiger partial charge in [0.2, 0.25) is 0 Å². The minimum atomic E-state index is -1.02. The average Bonchev–Trinajstić information content (AvgIpc) is 3.35. The van der Waals surface area contributed by atoms with Gasteiger partial charge >= 0.3 is 0 Å². The van der Waals surface area contributed by atoms with Crippen LogP contribution in [0.3, 0.4) is 0 Å². The molecule has 1 aliphatic carbocycles. The standard InChI is InChI=1S/C16H13F2NO2S/c17-13-6-4-11(8-14(13)18)19-16(20)10-3-5-12(9-1-2-9)15(7-10)22-21/h3-9,21H,1-2H2,(H,19,20). The van der Waals surface area contributed by atoms with Crippen LogP contribution in [0.15, 0.2) is 41.3 Å². The average molecular weight is 321 g/mol. The molecule has 0 atom stereocenters. The fraction of sp³-hybridized carbons (Fsp3) is 0.188. The largest absolute Gasteiger partial charge is 0.325 e. The molecule has 0 bridgehead atoms. The van der Waals surface area contributed by atoms with E-state index < -0.39 is 17.5 Å². The van der Waals surface area contributed by atoms with Crippen molar-refractivity contribution < 1.29 is 18.1 Å². The molecule has 3 nitrogen and oxygen atoms in total. The summed E-state index contributed by atoms with van der Waals surface area (Å²) >= 11 is 0.616. The molecule has 1 saturated carbocycles. The summed E-state index contributed by atoms with van der Waals surface area (Å²) in [5.74, 6) is -1.97. The molecule has 1 fully saturated rings. The molecule has 0 spiro atoms. The molecule has 2 aromatic carbocycles. The molecule has 0 unspecified atom stereocenters. The highest BCUT2D eigenvalue weighted by atomic mass is 32.2. The van der Waals surface area contributed by atoms with Gasteiger partial charge in [-0.15, -0.1) is 0 Å². The number of halogens is 2. The number of hydrogen-bond donors (Lipinski definition) is 2. The van der Waals surface area contributed by atoms with Crippen LogP contribution in [-0.2, 0) is 0 Å². The Morgan fingerprint density at radius 1 is 1.14 bits per heavy atom. The maximum atomic E-state index is 13.1. The van der Waals surface area contributed by atoms with E-state index in [2.05, 4.69) is 5.32 Å². The fourth-order valence-corrected chi connectivity index (χ4v) is 2.78. The lowest BCUT2D eigenvalue weighted by molar-refractivity contribution is 0.102. The van der Waals surface area contributed by atoms with E-state index in [4.69, 9.17) is 0 Å². The van der Waals surface area contributed by atoms with Crippen LogP contribution in [0.5, 0.6) is 0 Å². The number of carbonyl (C=O) groups is 1. The summed E-state index contributed by atoms with van der Waals surface area (Å²) in [6, 6.07) is 8.27. The molecule has 0 radical (unpaired) electrons. The lowest BCUT2D eigenvalue weighted by Crippen LogP contribution is -2.12. The van der Waals surface area contributed by atoms with E-state index in [9.17, 15) is 18.1 Å². The van der Waals surface area contributed by atoms with Crippen LogP contribution in [0.1, 0.15) is 34.7 Å². The van der Waals surface area contributed by atoms with Gasteiger partial charge in [-0.25, -0.2) is 8.78 Å². The second-order valence-corrected chi connectivity index (χ2v) is 5.82. The molecule has 0 heterocycles. The van der Waals surface area contributed by atoms with Crippen molar-refractivity contribution in [3.8, 4) is 0 Å². The van der Waals surface area contributed by atoms with E-state index in [1.54, 1.807) is 12.1 Å². The number of amides is 1. The second-order valence-electron chi connectivity index (χ2n) is 5.20. The van der Waals surface area contributed by atoms with Gasteiger partial charge in [-0.1, -0.05) is 6.07 Å². The molecule has 0 aliphatic heterocycles. The first kappa shape index (κ1) is 15.0. The molecule has 1 amide bonds. The lowest BCUT2D eigenvalue weighted by Gasteiger charge is -2.09. The number of nitrogens with one attached hydrogen (secondary N) is 1. The van der Waals surface area contributed by atoms with Crippen LogP contribution >= 0.6 is 12.0 Å². The Morgan fingerprint density at radius 2 is 1.91 bits per heavy atom. The van der Waals surface area contributed by atoms with Gasteiger partial charge in [-0.05, 0) is 48.6 Å². The molecule has 2 N–H and O–H groups in total. The van der Waals surface area contributed by atoms with Gasteiger partial charge in [0, 0.05) is 34.3 Å². The van der Waals surface area contributed by atoms with Crippen molar-refractivity contribution in [2.45, 2.75) is 23.7 Å². The van der Waals surface area contributed by atoms with E-state index in [1.807, 2.05) is 6.07 Å². The highest BCUT2D eigenvalue weighted by Gasteiger charge is 2.26. The van der Waals surface area contributed by atoms with Crippen molar-refractivity contribution in [3.05, 3.63) is 59.2 Å². The number of benzene rings is 2. The SMILES string of the molecule is O=C(Nc1ccc(F)c(F)c1)c1ccc(C2CC2)c(SO)c1. The highest BCUT2D eigenvalue weighted by Crippen LogP contribution is 2.44. The van der Waals surface area contributed by atoms with Crippen molar-refractivity contribution in [1.29, 1.82) is 0 Å². The molecular weight excluding hydrogens is 308 g/mol. The first-order valence-electron chi connectivity index (χ1n) is 6.80. The van der Waals surface area contributed by atoms with Crippen LogP contribution in [0.2, 0.25) is 0 Å². The fourth-order valence-electron chi connectivity index (χ4n) is 2.26. The van der Waals surface area contributed by atoms with Gasteiger partial charge in [0.15, 0.2) is 11.6 Å². The Hall–Kier alpha value is -1.92. The van der Waals surface area contributed by atoms with Crippen LogP contribution in [0, 0.1) is 11.6 Å². The second kappa shape index (κ2) is 6.06. The first-order chi connectivity index (χ1) is 10.6. The Morgan fingerprint density at radius 3 is 2.55 bits per heavy atom.